The fourth-order valence-electron chi connectivity index (χ4n) is 4.86. The van der Waals surface area contributed by atoms with E-state index in [0.717, 1.165) is 44.1 Å². The predicted octanol–water partition coefficient (Wildman–Crippen LogP) is 3.68. The minimum atomic E-state index is -0.257. The van der Waals surface area contributed by atoms with Gasteiger partial charge in [-0.25, -0.2) is 0 Å². The average molecular weight is 386 g/mol. The van der Waals surface area contributed by atoms with Gasteiger partial charge in [-0.05, 0) is 63.2 Å². The summed E-state index contributed by atoms with van der Waals surface area (Å²) in [5, 5.41) is 0. The second-order valence-electron chi connectivity index (χ2n) is 8.80. The maximum Gasteiger partial charge on any atom is 0.226 e. The number of aromatic nitrogens is 1. The normalized spacial score (nSPS) is 20.2. The van der Waals surface area contributed by atoms with E-state index in [9.17, 15) is 9.59 Å². The lowest BCUT2D eigenvalue weighted by molar-refractivity contribution is -0.138. The lowest BCUT2D eigenvalue weighted by atomic mass is 9.93. The Bertz CT molecular complexity index is 635. The molecule has 1 aromatic heterocycles. The molecule has 154 valence electrons. The van der Waals surface area contributed by atoms with E-state index < -0.39 is 0 Å². The molecule has 2 fully saturated rings. The highest BCUT2D eigenvalue weighted by Gasteiger charge is 2.30. The SMILES string of the molecule is CC(=O)CC(C)C(=O)N(Cc1cccnc1)CC1CCN(C2CCCC2)CC1. The van der Waals surface area contributed by atoms with Crippen LogP contribution in [-0.2, 0) is 16.1 Å². The van der Waals surface area contributed by atoms with Gasteiger partial charge in [-0.1, -0.05) is 25.8 Å². The standard InChI is InChI=1S/C23H35N3O2/c1-18(14-19(2)27)23(28)26(17-21-6-5-11-24-15-21)16-20-9-12-25(13-10-20)22-7-3-4-8-22/h5-6,11,15,18,20,22H,3-4,7-10,12-14,16-17H2,1-2H3. The summed E-state index contributed by atoms with van der Waals surface area (Å²) in [6.45, 7) is 7.13. The Morgan fingerprint density at radius 1 is 1.21 bits per heavy atom. The molecule has 3 rings (SSSR count). The molecule has 1 amide bonds. The summed E-state index contributed by atoms with van der Waals surface area (Å²) < 4.78 is 0. The Balaban J connectivity index is 1.60. The largest absolute Gasteiger partial charge is 0.338 e. The van der Waals surface area contributed by atoms with Gasteiger partial charge in [0.25, 0.3) is 0 Å². The number of piperidine rings is 1. The zero-order valence-corrected chi connectivity index (χ0v) is 17.5. The number of nitrogens with zero attached hydrogens (tertiary/aromatic N) is 3. The van der Waals surface area contributed by atoms with Crippen molar-refractivity contribution in [3.63, 3.8) is 0 Å². The quantitative estimate of drug-likeness (QED) is 0.685. The van der Waals surface area contributed by atoms with Crippen LogP contribution < -0.4 is 0 Å². The van der Waals surface area contributed by atoms with E-state index in [-0.39, 0.29) is 17.6 Å². The summed E-state index contributed by atoms with van der Waals surface area (Å²) in [6, 6.07) is 4.73. The first-order valence-corrected chi connectivity index (χ1v) is 10.9. The summed E-state index contributed by atoms with van der Waals surface area (Å²) in [5.74, 6) is 0.458. The number of ketones is 1. The van der Waals surface area contributed by atoms with Gasteiger partial charge in [-0.2, -0.15) is 0 Å². The summed E-state index contributed by atoms with van der Waals surface area (Å²) in [7, 11) is 0. The second kappa shape index (κ2) is 10.1. The number of hydrogen-bond acceptors (Lipinski definition) is 4. The molecule has 0 N–H and O–H groups in total. The summed E-state index contributed by atoms with van der Waals surface area (Å²) in [6.07, 6.45) is 11.7. The fourth-order valence-corrected chi connectivity index (χ4v) is 4.86. The third-order valence-electron chi connectivity index (χ3n) is 6.39. The van der Waals surface area contributed by atoms with Crippen LogP contribution >= 0.6 is 0 Å². The molecule has 5 heteroatoms. The zero-order chi connectivity index (χ0) is 19.9. The van der Waals surface area contributed by atoms with E-state index in [0.29, 0.717) is 18.9 Å². The van der Waals surface area contributed by atoms with Crippen LogP contribution in [0.3, 0.4) is 0 Å². The molecule has 1 saturated heterocycles. The highest BCUT2D eigenvalue weighted by Crippen LogP contribution is 2.28. The topological polar surface area (TPSA) is 53.5 Å². The molecule has 1 atom stereocenters. The molecule has 2 heterocycles. The summed E-state index contributed by atoms with van der Waals surface area (Å²) >= 11 is 0. The van der Waals surface area contributed by atoms with Crippen molar-refractivity contribution in [2.75, 3.05) is 19.6 Å². The molecule has 1 aliphatic heterocycles. The molecule has 0 bridgehead atoms. The molecule has 28 heavy (non-hydrogen) atoms. The number of rotatable bonds is 8. The molecule has 1 aromatic rings. The van der Waals surface area contributed by atoms with E-state index >= 15 is 0 Å². The van der Waals surface area contributed by atoms with Crippen LogP contribution in [0.15, 0.2) is 24.5 Å². The summed E-state index contributed by atoms with van der Waals surface area (Å²) in [4.78, 5) is 33.4. The third kappa shape index (κ3) is 5.87. The van der Waals surface area contributed by atoms with Crippen molar-refractivity contribution >= 4 is 11.7 Å². The van der Waals surface area contributed by atoms with Gasteiger partial charge in [0.05, 0.1) is 0 Å². The van der Waals surface area contributed by atoms with Gasteiger partial charge in [0.15, 0.2) is 0 Å². The van der Waals surface area contributed by atoms with Gasteiger partial charge in [0, 0.05) is 43.9 Å². The Labute approximate surface area is 169 Å². The lowest BCUT2D eigenvalue weighted by Crippen LogP contribution is -2.44. The minimum absolute atomic E-state index is 0.0760. The molecule has 0 aromatic carbocycles. The van der Waals surface area contributed by atoms with Crippen molar-refractivity contribution in [2.45, 2.75) is 71.4 Å². The van der Waals surface area contributed by atoms with Crippen LogP contribution in [0.2, 0.25) is 0 Å². The Morgan fingerprint density at radius 3 is 2.54 bits per heavy atom. The number of hydrogen-bond donors (Lipinski definition) is 0. The Hall–Kier alpha value is -1.75. The van der Waals surface area contributed by atoms with Crippen LogP contribution in [0.25, 0.3) is 0 Å². The molecule has 0 radical (unpaired) electrons. The molecular weight excluding hydrogens is 350 g/mol. The molecule has 1 saturated carbocycles. The molecule has 1 aliphatic carbocycles. The molecular formula is C23H35N3O2. The number of carbonyl (C=O) groups is 2. The maximum absolute atomic E-state index is 13.1. The van der Waals surface area contributed by atoms with E-state index in [2.05, 4.69) is 9.88 Å². The Morgan fingerprint density at radius 2 is 1.93 bits per heavy atom. The predicted molar refractivity (Wildman–Crippen MR) is 111 cm³/mol. The maximum atomic E-state index is 13.1. The van der Waals surface area contributed by atoms with Crippen molar-refractivity contribution in [3.05, 3.63) is 30.1 Å². The smallest absolute Gasteiger partial charge is 0.226 e. The first kappa shape index (κ1) is 21.0. The highest BCUT2D eigenvalue weighted by molar-refractivity contribution is 5.85. The fraction of sp³-hybridized carbons (Fsp3) is 0.696. The monoisotopic (exact) mass is 385 g/mol. The molecule has 0 spiro atoms. The van der Waals surface area contributed by atoms with Gasteiger partial charge >= 0.3 is 0 Å². The van der Waals surface area contributed by atoms with Crippen LogP contribution in [0, 0.1) is 11.8 Å². The first-order chi connectivity index (χ1) is 13.5. The summed E-state index contributed by atoms with van der Waals surface area (Å²) in [5.41, 5.74) is 1.05. The van der Waals surface area contributed by atoms with Crippen LogP contribution in [0.5, 0.6) is 0 Å². The van der Waals surface area contributed by atoms with Gasteiger partial charge in [0.2, 0.25) is 5.91 Å². The van der Waals surface area contributed by atoms with E-state index in [1.54, 1.807) is 13.1 Å². The van der Waals surface area contributed by atoms with E-state index in [4.69, 9.17) is 0 Å². The molecule has 5 nitrogen and oxygen atoms in total. The number of pyridine rings is 1. The lowest BCUT2D eigenvalue weighted by Gasteiger charge is -2.38. The van der Waals surface area contributed by atoms with Crippen LogP contribution in [0.4, 0.5) is 0 Å². The van der Waals surface area contributed by atoms with Gasteiger partial charge < -0.3 is 14.6 Å². The van der Waals surface area contributed by atoms with Crippen molar-refractivity contribution in [2.24, 2.45) is 11.8 Å². The number of Topliss-reactive ketones (excluding diaryl/α,β-unsaturated/α-hetero) is 1. The Kier molecular flexibility index (Phi) is 7.60. The third-order valence-corrected chi connectivity index (χ3v) is 6.39. The first-order valence-electron chi connectivity index (χ1n) is 10.9. The molecule has 1 unspecified atom stereocenters. The second-order valence-corrected chi connectivity index (χ2v) is 8.80. The van der Waals surface area contributed by atoms with Crippen LogP contribution in [-0.4, -0.2) is 52.2 Å². The minimum Gasteiger partial charge on any atom is -0.338 e. The van der Waals surface area contributed by atoms with E-state index in [1.165, 1.54) is 25.7 Å². The average Bonchev–Trinajstić information content (AvgIpc) is 3.22. The highest BCUT2D eigenvalue weighted by atomic mass is 16.2. The van der Waals surface area contributed by atoms with Crippen molar-refractivity contribution in [1.82, 2.24) is 14.8 Å². The van der Waals surface area contributed by atoms with Crippen LogP contribution in [0.1, 0.15) is 64.4 Å². The van der Waals surface area contributed by atoms with Gasteiger partial charge in [0.1, 0.15) is 5.78 Å². The molecule has 2 aliphatic rings. The van der Waals surface area contributed by atoms with Crippen molar-refractivity contribution in [1.29, 1.82) is 0 Å². The number of amides is 1. The number of carbonyl (C=O) groups excluding carboxylic acids is 2. The van der Waals surface area contributed by atoms with Crippen molar-refractivity contribution in [3.8, 4) is 0 Å². The van der Waals surface area contributed by atoms with E-state index in [1.807, 2.05) is 30.2 Å². The van der Waals surface area contributed by atoms with Crippen molar-refractivity contribution < 1.29 is 9.59 Å². The zero-order valence-electron chi connectivity index (χ0n) is 17.5. The number of likely N-dealkylation sites (tertiary alicyclic amines) is 1. The van der Waals surface area contributed by atoms with Gasteiger partial charge in [-0.15, -0.1) is 0 Å². The van der Waals surface area contributed by atoms with Gasteiger partial charge in [-0.3, -0.25) is 9.78 Å².